The molecule has 0 radical (unpaired) electrons. The lowest BCUT2D eigenvalue weighted by molar-refractivity contribution is -0.146. The number of methoxy groups -OCH3 is 1. The number of aromatic nitrogens is 2. The van der Waals surface area contributed by atoms with Gasteiger partial charge in [-0.2, -0.15) is 0 Å². The third-order valence-electron chi connectivity index (χ3n) is 3.76. The molecule has 0 aliphatic heterocycles. The number of fused-ring (bicyclic) bond motifs is 1. The van der Waals surface area contributed by atoms with Crippen molar-refractivity contribution in [3.8, 4) is 0 Å². The minimum absolute atomic E-state index is 0.394. The molecule has 2 aromatic rings. The fourth-order valence-corrected chi connectivity index (χ4v) is 2.18. The highest BCUT2D eigenvalue weighted by molar-refractivity contribution is 5.80. The molecule has 1 aromatic carbocycles. The molecule has 0 saturated heterocycles. The maximum absolute atomic E-state index is 11.6. The van der Waals surface area contributed by atoms with Crippen molar-refractivity contribution in [2.45, 2.75) is 39.3 Å². The van der Waals surface area contributed by atoms with E-state index in [1.807, 2.05) is 4.57 Å². The molecule has 0 fully saturated rings. The predicted octanol–water partition coefficient (Wildman–Crippen LogP) is 1.93. The van der Waals surface area contributed by atoms with Crippen LogP contribution in [-0.2, 0) is 16.1 Å². The highest BCUT2D eigenvalue weighted by Crippen LogP contribution is 2.20. The topological polar surface area (TPSA) is 70.1 Å². The number of carbonyl (C=O) groups is 1. The number of carbonyl (C=O) groups excluding carboxylic acids is 1. The number of nitrogens with zero attached hydrogens (tertiary/aromatic N) is 2. The van der Waals surface area contributed by atoms with Gasteiger partial charge in [0, 0.05) is 6.54 Å². The van der Waals surface area contributed by atoms with Crippen molar-refractivity contribution in [3.63, 3.8) is 0 Å². The quantitative estimate of drug-likeness (QED) is 0.866. The van der Waals surface area contributed by atoms with E-state index in [0.29, 0.717) is 13.0 Å². The average molecular weight is 275 g/mol. The zero-order valence-corrected chi connectivity index (χ0v) is 12.4. The van der Waals surface area contributed by atoms with Gasteiger partial charge < -0.3 is 15.0 Å². The van der Waals surface area contributed by atoms with E-state index in [1.54, 1.807) is 13.3 Å². The maximum Gasteiger partial charge on any atom is 0.325 e. The molecule has 1 unspecified atom stereocenters. The van der Waals surface area contributed by atoms with Crippen molar-refractivity contribution in [3.05, 3.63) is 29.6 Å². The number of hydrogen-bond donors (Lipinski definition) is 1. The summed E-state index contributed by atoms with van der Waals surface area (Å²) in [4.78, 5) is 16.0. The van der Waals surface area contributed by atoms with Gasteiger partial charge in [-0.15, -0.1) is 0 Å². The SMILES string of the molecule is COC(=O)C(C)(N)CCn1cnc2cc(C)c(C)cc21. The van der Waals surface area contributed by atoms with Crippen molar-refractivity contribution in [1.82, 2.24) is 9.55 Å². The summed E-state index contributed by atoms with van der Waals surface area (Å²) < 4.78 is 6.74. The smallest absolute Gasteiger partial charge is 0.325 e. The molecule has 0 saturated carbocycles. The molecular formula is C15H21N3O2. The minimum Gasteiger partial charge on any atom is -0.468 e. The maximum atomic E-state index is 11.6. The van der Waals surface area contributed by atoms with E-state index < -0.39 is 11.5 Å². The van der Waals surface area contributed by atoms with Crippen LogP contribution < -0.4 is 5.73 Å². The van der Waals surface area contributed by atoms with E-state index in [9.17, 15) is 4.79 Å². The molecule has 2 N–H and O–H groups in total. The molecule has 0 bridgehead atoms. The fourth-order valence-electron chi connectivity index (χ4n) is 2.18. The first-order valence-electron chi connectivity index (χ1n) is 6.64. The highest BCUT2D eigenvalue weighted by atomic mass is 16.5. The van der Waals surface area contributed by atoms with Gasteiger partial charge in [0.15, 0.2) is 0 Å². The first-order valence-corrected chi connectivity index (χ1v) is 6.64. The van der Waals surface area contributed by atoms with Crippen LogP contribution in [0, 0.1) is 13.8 Å². The first kappa shape index (κ1) is 14.5. The third-order valence-corrected chi connectivity index (χ3v) is 3.76. The van der Waals surface area contributed by atoms with Crippen LogP contribution in [0.3, 0.4) is 0 Å². The van der Waals surface area contributed by atoms with E-state index in [4.69, 9.17) is 10.5 Å². The monoisotopic (exact) mass is 275 g/mol. The van der Waals surface area contributed by atoms with Crippen LogP contribution in [0.4, 0.5) is 0 Å². The molecule has 1 atom stereocenters. The summed E-state index contributed by atoms with van der Waals surface area (Å²) >= 11 is 0. The second kappa shape index (κ2) is 5.25. The van der Waals surface area contributed by atoms with E-state index >= 15 is 0 Å². The first-order chi connectivity index (χ1) is 9.35. The van der Waals surface area contributed by atoms with Crippen molar-refractivity contribution in [2.75, 3.05) is 7.11 Å². The molecule has 0 spiro atoms. The number of rotatable bonds is 4. The fraction of sp³-hybridized carbons (Fsp3) is 0.467. The van der Waals surface area contributed by atoms with Gasteiger partial charge in [0.1, 0.15) is 5.54 Å². The molecule has 108 valence electrons. The van der Waals surface area contributed by atoms with Gasteiger partial charge in [-0.1, -0.05) is 0 Å². The van der Waals surface area contributed by atoms with Crippen LogP contribution in [-0.4, -0.2) is 28.2 Å². The van der Waals surface area contributed by atoms with Crippen molar-refractivity contribution in [2.24, 2.45) is 5.73 Å². The Hall–Kier alpha value is -1.88. The molecule has 2 rings (SSSR count). The van der Waals surface area contributed by atoms with Crippen LogP contribution in [0.15, 0.2) is 18.5 Å². The molecule has 5 heteroatoms. The summed E-state index contributed by atoms with van der Waals surface area (Å²) in [5.41, 5.74) is 9.47. The largest absolute Gasteiger partial charge is 0.468 e. The number of imidazole rings is 1. The molecule has 0 aliphatic carbocycles. The Morgan fingerprint density at radius 1 is 1.40 bits per heavy atom. The number of nitrogens with two attached hydrogens (primary N) is 1. The summed E-state index contributed by atoms with van der Waals surface area (Å²) in [6, 6.07) is 4.19. The predicted molar refractivity (Wildman–Crippen MR) is 78.4 cm³/mol. The molecule has 5 nitrogen and oxygen atoms in total. The summed E-state index contributed by atoms with van der Waals surface area (Å²) in [7, 11) is 1.35. The Morgan fingerprint density at radius 2 is 2.05 bits per heavy atom. The van der Waals surface area contributed by atoms with E-state index in [2.05, 4.69) is 31.0 Å². The van der Waals surface area contributed by atoms with Crippen molar-refractivity contribution >= 4 is 17.0 Å². The second-order valence-corrected chi connectivity index (χ2v) is 5.52. The Kier molecular flexibility index (Phi) is 3.81. The van der Waals surface area contributed by atoms with Gasteiger partial charge >= 0.3 is 5.97 Å². The standard InChI is InChI=1S/C15H21N3O2/c1-10-7-12-13(8-11(10)2)18(9-17-12)6-5-15(3,16)14(19)20-4/h7-9H,5-6,16H2,1-4H3. The minimum atomic E-state index is -0.981. The van der Waals surface area contributed by atoms with Crippen LogP contribution in [0.2, 0.25) is 0 Å². The van der Waals surface area contributed by atoms with Crippen molar-refractivity contribution < 1.29 is 9.53 Å². The van der Waals surface area contributed by atoms with E-state index in [1.165, 1.54) is 18.2 Å². The summed E-state index contributed by atoms with van der Waals surface area (Å²) in [5, 5.41) is 0. The van der Waals surface area contributed by atoms with Crippen LogP contribution in [0.1, 0.15) is 24.5 Å². The Balaban J connectivity index is 2.23. The third kappa shape index (κ3) is 2.67. The highest BCUT2D eigenvalue weighted by Gasteiger charge is 2.29. The Labute approximate surface area is 118 Å². The number of ether oxygens (including phenoxy) is 1. The van der Waals surface area contributed by atoms with Gasteiger partial charge in [0.2, 0.25) is 0 Å². The van der Waals surface area contributed by atoms with Gasteiger partial charge in [0.25, 0.3) is 0 Å². The zero-order valence-electron chi connectivity index (χ0n) is 12.4. The van der Waals surface area contributed by atoms with Gasteiger partial charge in [-0.25, -0.2) is 4.98 Å². The lowest BCUT2D eigenvalue weighted by Crippen LogP contribution is -2.46. The number of aryl methyl sites for hydroxylation is 3. The molecule has 0 aliphatic rings. The lowest BCUT2D eigenvalue weighted by atomic mass is 9.99. The van der Waals surface area contributed by atoms with Crippen LogP contribution in [0.5, 0.6) is 0 Å². The molecule has 1 heterocycles. The van der Waals surface area contributed by atoms with Gasteiger partial charge in [-0.05, 0) is 50.5 Å². The van der Waals surface area contributed by atoms with Crippen LogP contribution >= 0.6 is 0 Å². The molecule has 0 amide bonds. The Bertz CT molecular complexity index is 644. The van der Waals surface area contributed by atoms with Gasteiger partial charge in [0.05, 0.1) is 24.5 Å². The normalized spacial score (nSPS) is 14.2. The Morgan fingerprint density at radius 3 is 2.70 bits per heavy atom. The summed E-state index contributed by atoms with van der Waals surface area (Å²) in [6.07, 6.45) is 2.29. The van der Waals surface area contributed by atoms with Crippen molar-refractivity contribution in [1.29, 1.82) is 0 Å². The summed E-state index contributed by atoms with van der Waals surface area (Å²) in [5.74, 6) is -0.394. The number of hydrogen-bond acceptors (Lipinski definition) is 4. The zero-order chi connectivity index (χ0) is 14.9. The molecule has 20 heavy (non-hydrogen) atoms. The average Bonchev–Trinajstić information content (AvgIpc) is 2.78. The lowest BCUT2D eigenvalue weighted by Gasteiger charge is -2.21. The van der Waals surface area contributed by atoms with Crippen LogP contribution in [0.25, 0.3) is 11.0 Å². The summed E-state index contributed by atoms with van der Waals surface area (Å²) in [6.45, 7) is 6.46. The number of esters is 1. The second-order valence-electron chi connectivity index (χ2n) is 5.52. The van der Waals surface area contributed by atoms with E-state index in [-0.39, 0.29) is 0 Å². The molecule has 1 aromatic heterocycles. The number of benzene rings is 1. The van der Waals surface area contributed by atoms with E-state index in [0.717, 1.165) is 11.0 Å². The van der Waals surface area contributed by atoms with Gasteiger partial charge in [-0.3, -0.25) is 4.79 Å². The molecular weight excluding hydrogens is 254 g/mol.